The zero-order valence-corrected chi connectivity index (χ0v) is 7.71. The Morgan fingerprint density at radius 3 is 2.83 bits per heavy atom. The number of hydrogen-bond donors (Lipinski definition) is 0. The molecule has 3 nitrogen and oxygen atoms in total. The monoisotopic (exact) mass is 172 g/mol. The second kappa shape index (κ2) is 4.58. The smallest absolute Gasteiger partial charge is 0.158 e. The lowest BCUT2D eigenvalue weighted by Gasteiger charge is -2.24. The molecule has 1 heterocycles. The van der Waals surface area contributed by atoms with Crippen LogP contribution in [0.2, 0.25) is 0 Å². The lowest BCUT2D eigenvalue weighted by molar-refractivity contribution is -0.187. The second-order valence-electron chi connectivity index (χ2n) is 3.19. The first-order chi connectivity index (χ1) is 5.70. The SMILES string of the molecule is CC(=O)[C@H](C)OC1CCCCO1. The zero-order chi connectivity index (χ0) is 8.97. The molecule has 0 amide bonds. The summed E-state index contributed by atoms with van der Waals surface area (Å²) in [5.74, 6) is 0.0594. The number of carbonyl (C=O) groups is 1. The van der Waals surface area contributed by atoms with Crippen molar-refractivity contribution in [1.29, 1.82) is 0 Å². The Labute approximate surface area is 73.0 Å². The predicted octanol–water partition coefficient (Wildman–Crippen LogP) is 1.51. The highest BCUT2D eigenvalue weighted by atomic mass is 16.7. The Morgan fingerprint density at radius 1 is 1.58 bits per heavy atom. The van der Waals surface area contributed by atoms with Crippen LogP contribution in [-0.2, 0) is 14.3 Å². The van der Waals surface area contributed by atoms with E-state index >= 15 is 0 Å². The van der Waals surface area contributed by atoms with Crippen LogP contribution in [0.25, 0.3) is 0 Å². The van der Waals surface area contributed by atoms with Crippen molar-refractivity contribution in [1.82, 2.24) is 0 Å². The van der Waals surface area contributed by atoms with Crippen molar-refractivity contribution in [2.75, 3.05) is 6.61 Å². The standard InChI is InChI=1S/C9H16O3/c1-7(10)8(2)12-9-5-3-4-6-11-9/h8-9H,3-6H2,1-2H3/t8-,9?/m0/s1. The van der Waals surface area contributed by atoms with Crippen LogP contribution in [0.1, 0.15) is 33.1 Å². The quantitative estimate of drug-likeness (QED) is 0.647. The van der Waals surface area contributed by atoms with Gasteiger partial charge in [-0.25, -0.2) is 0 Å². The van der Waals surface area contributed by atoms with E-state index in [-0.39, 0.29) is 18.2 Å². The Hall–Kier alpha value is -0.410. The molecular weight excluding hydrogens is 156 g/mol. The summed E-state index contributed by atoms with van der Waals surface area (Å²) in [6.45, 7) is 4.06. The topological polar surface area (TPSA) is 35.5 Å². The number of carbonyl (C=O) groups excluding carboxylic acids is 1. The fraction of sp³-hybridized carbons (Fsp3) is 0.889. The molecular formula is C9H16O3. The summed E-state index contributed by atoms with van der Waals surface area (Å²) in [5.41, 5.74) is 0. The maximum Gasteiger partial charge on any atom is 0.158 e. The minimum atomic E-state index is -0.326. The maximum absolute atomic E-state index is 10.8. The number of ether oxygens (including phenoxy) is 2. The summed E-state index contributed by atoms with van der Waals surface area (Å²) in [6, 6.07) is 0. The van der Waals surface area contributed by atoms with Gasteiger partial charge >= 0.3 is 0 Å². The third-order valence-corrected chi connectivity index (χ3v) is 2.07. The van der Waals surface area contributed by atoms with Gasteiger partial charge in [-0.2, -0.15) is 0 Å². The zero-order valence-electron chi connectivity index (χ0n) is 7.71. The van der Waals surface area contributed by atoms with Gasteiger partial charge in [0.1, 0.15) is 6.10 Å². The van der Waals surface area contributed by atoms with Gasteiger partial charge in [-0.15, -0.1) is 0 Å². The fourth-order valence-electron chi connectivity index (χ4n) is 1.14. The third kappa shape index (κ3) is 2.91. The van der Waals surface area contributed by atoms with Crippen LogP contribution in [-0.4, -0.2) is 24.8 Å². The normalized spacial score (nSPS) is 26.7. The molecule has 0 aromatic carbocycles. The predicted molar refractivity (Wildman–Crippen MR) is 44.8 cm³/mol. The van der Waals surface area contributed by atoms with Gasteiger partial charge in [0.2, 0.25) is 0 Å². The molecule has 1 fully saturated rings. The maximum atomic E-state index is 10.8. The number of ketones is 1. The molecule has 0 radical (unpaired) electrons. The second-order valence-corrected chi connectivity index (χ2v) is 3.19. The van der Waals surface area contributed by atoms with Crippen molar-refractivity contribution in [2.24, 2.45) is 0 Å². The Bertz CT molecular complexity index is 150. The van der Waals surface area contributed by atoms with Crippen molar-refractivity contribution in [3.05, 3.63) is 0 Å². The highest BCUT2D eigenvalue weighted by molar-refractivity contribution is 5.79. The molecule has 0 aliphatic carbocycles. The summed E-state index contributed by atoms with van der Waals surface area (Å²) in [6.07, 6.45) is 2.67. The van der Waals surface area contributed by atoms with E-state index < -0.39 is 0 Å². The van der Waals surface area contributed by atoms with Gasteiger partial charge in [0.25, 0.3) is 0 Å². The molecule has 0 bridgehead atoms. The lowest BCUT2D eigenvalue weighted by atomic mass is 10.2. The molecule has 1 aliphatic rings. The number of Topliss-reactive ketones (excluding diaryl/α,β-unsaturated/α-hetero) is 1. The molecule has 1 unspecified atom stereocenters. The van der Waals surface area contributed by atoms with Crippen LogP contribution >= 0.6 is 0 Å². The molecule has 0 aromatic rings. The van der Waals surface area contributed by atoms with E-state index in [0.29, 0.717) is 0 Å². The molecule has 12 heavy (non-hydrogen) atoms. The fourth-order valence-corrected chi connectivity index (χ4v) is 1.14. The summed E-state index contributed by atoms with van der Waals surface area (Å²) >= 11 is 0. The average molecular weight is 172 g/mol. The first-order valence-corrected chi connectivity index (χ1v) is 4.47. The van der Waals surface area contributed by atoms with E-state index in [0.717, 1.165) is 25.9 Å². The molecule has 0 spiro atoms. The van der Waals surface area contributed by atoms with Crippen LogP contribution in [0.15, 0.2) is 0 Å². The van der Waals surface area contributed by atoms with Crippen molar-refractivity contribution >= 4 is 5.78 Å². The van der Waals surface area contributed by atoms with Crippen LogP contribution in [0, 0.1) is 0 Å². The molecule has 0 N–H and O–H groups in total. The number of hydrogen-bond acceptors (Lipinski definition) is 3. The van der Waals surface area contributed by atoms with Gasteiger partial charge < -0.3 is 9.47 Å². The molecule has 1 rings (SSSR count). The Balaban J connectivity index is 2.24. The molecule has 2 atom stereocenters. The van der Waals surface area contributed by atoms with Gasteiger partial charge in [-0.3, -0.25) is 4.79 Å². The molecule has 1 saturated heterocycles. The molecule has 70 valence electrons. The average Bonchev–Trinajstić information content (AvgIpc) is 2.06. The van der Waals surface area contributed by atoms with E-state index in [9.17, 15) is 4.79 Å². The van der Waals surface area contributed by atoms with Crippen LogP contribution in [0.5, 0.6) is 0 Å². The van der Waals surface area contributed by atoms with E-state index in [1.165, 1.54) is 6.92 Å². The van der Waals surface area contributed by atoms with Gasteiger partial charge in [0, 0.05) is 6.61 Å². The summed E-state index contributed by atoms with van der Waals surface area (Å²) in [7, 11) is 0. The van der Waals surface area contributed by atoms with E-state index in [2.05, 4.69) is 0 Å². The first kappa shape index (κ1) is 9.68. The molecule has 1 aliphatic heterocycles. The Morgan fingerprint density at radius 2 is 2.33 bits per heavy atom. The van der Waals surface area contributed by atoms with Crippen LogP contribution in [0.4, 0.5) is 0 Å². The summed E-state index contributed by atoms with van der Waals surface area (Å²) < 4.78 is 10.7. The molecule has 0 aromatic heterocycles. The van der Waals surface area contributed by atoms with Gasteiger partial charge in [-0.1, -0.05) is 0 Å². The van der Waals surface area contributed by atoms with Crippen LogP contribution in [0.3, 0.4) is 0 Å². The van der Waals surface area contributed by atoms with Gasteiger partial charge in [-0.05, 0) is 33.1 Å². The highest BCUT2D eigenvalue weighted by Crippen LogP contribution is 2.15. The third-order valence-electron chi connectivity index (χ3n) is 2.07. The summed E-state index contributed by atoms with van der Waals surface area (Å²) in [5, 5.41) is 0. The minimum Gasteiger partial charge on any atom is -0.353 e. The van der Waals surface area contributed by atoms with Crippen molar-refractivity contribution < 1.29 is 14.3 Å². The van der Waals surface area contributed by atoms with E-state index in [1.54, 1.807) is 6.92 Å². The van der Waals surface area contributed by atoms with Crippen molar-refractivity contribution in [2.45, 2.75) is 45.5 Å². The van der Waals surface area contributed by atoms with Gasteiger partial charge in [0.15, 0.2) is 12.1 Å². The van der Waals surface area contributed by atoms with E-state index in [4.69, 9.17) is 9.47 Å². The lowest BCUT2D eigenvalue weighted by Crippen LogP contribution is -2.29. The minimum absolute atomic E-state index is 0.0594. The Kier molecular flexibility index (Phi) is 3.69. The molecule has 0 saturated carbocycles. The summed E-state index contributed by atoms with van der Waals surface area (Å²) in [4.78, 5) is 10.8. The van der Waals surface area contributed by atoms with Gasteiger partial charge in [0.05, 0.1) is 0 Å². The van der Waals surface area contributed by atoms with E-state index in [1.807, 2.05) is 0 Å². The first-order valence-electron chi connectivity index (χ1n) is 4.47. The largest absolute Gasteiger partial charge is 0.353 e. The molecule has 3 heteroatoms. The highest BCUT2D eigenvalue weighted by Gasteiger charge is 2.18. The van der Waals surface area contributed by atoms with Crippen molar-refractivity contribution in [3.63, 3.8) is 0 Å². The number of rotatable bonds is 3. The van der Waals surface area contributed by atoms with Crippen molar-refractivity contribution in [3.8, 4) is 0 Å². The van der Waals surface area contributed by atoms with Crippen LogP contribution < -0.4 is 0 Å².